The summed E-state index contributed by atoms with van der Waals surface area (Å²) in [5, 5.41) is 0. The van der Waals surface area contributed by atoms with Gasteiger partial charge in [-0.3, -0.25) is 4.79 Å². The summed E-state index contributed by atoms with van der Waals surface area (Å²) in [6, 6.07) is 7.98. The topological polar surface area (TPSA) is 62.4 Å². The number of H-pyrrole nitrogens is 1. The van der Waals surface area contributed by atoms with Crippen molar-refractivity contribution >= 4 is 11.9 Å². The van der Waals surface area contributed by atoms with E-state index in [2.05, 4.69) is 4.98 Å². The molecule has 0 bridgehead atoms. The number of aromatic amines is 1. The number of rotatable bonds is 5. The Kier molecular flexibility index (Phi) is 5.44. The van der Waals surface area contributed by atoms with E-state index in [0.717, 1.165) is 11.1 Å². The van der Waals surface area contributed by atoms with Crippen molar-refractivity contribution in [2.24, 2.45) is 0 Å². The van der Waals surface area contributed by atoms with Crippen molar-refractivity contribution in [2.45, 2.75) is 34.2 Å². The molecule has 0 radical (unpaired) electrons. The van der Waals surface area contributed by atoms with Crippen LogP contribution in [0, 0.1) is 20.8 Å². The number of nitrogens with one attached hydrogen (secondary N) is 1. The minimum Gasteiger partial charge on any atom is -0.461 e. The molecular weight excluding hydrogens is 304 g/mol. The van der Waals surface area contributed by atoms with E-state index in [4.69, 9.17) is 4.74 Å². The third-order valence-corrected chi connectivity index (χ3v) is 4.15. The van der Waals surface area contributed by atoms with E-state index < -0.39 is 5.97 Å². The number of aryl methyl sites for hydroxylation is 2. The van der Waals surface area contributed by atoms with Gasteiger partial charge in [0.15, 0.2) is 0 Å². The van der Waals surface area contributed by atoms with Crippen LogP contribution in [0.15, 0.2) is 24.3 Å². The summed E-state index contributed by atoms with van der Waals surface area (Å²) in [5.74, 6) is -0.543. The maximum Gasteiger partial charge on any atom is 0.355 e. The molecule has 1 heterocycles. The fourth-order valence-electron chi connectivity index (χ4n) is 2.78. The van der Waals surface area contributed by atoms with Gasteiger partial charge in [-0.25, -0.2) is 4.79 Å². The molecule has 2 rings (SSSR count). The lowest BCUT2D eigenvalue weighted by molar-refractivity contribution is 0.0519. The van der Waals surface area contributed by atoms with Gasteiger partial charge in [0, 0.05) is 19.3 Å². The minimum atomic E-state index is -0.432. The second-order valence-electron chi connectivity index (χ2n) is 5.93. The van der Waals surface area contributed by atoms with Crippen molar-refractivity contribution in [3.8, 4) is 0 Å². The first-order chi connectivity index (χ1) is 11.4. The molecule has 0 fully saturated rings. The Morgan fingerprint density at radius 1 is 1.17 bits per heavy atom. The molecule has 128 valence electrons. The number of nitrogens with zero attached hydrogens (tertiary/aromatic N) is 1. The fourth-order valence-corrected chi connectivity index (χ4v) is 2.78. The molecule has 0 saturated carbocycles. The third-order valence-electron chi connectivity index (χ3n) is 4.15. The Balaban J connectivity index is 2.26. The standard InChI is InChI=1S/C19H24N2O3/c1-6-24-19(23)17-13(3)16(14(4)20-17)18(22)21(5)11-15-10-8-7-9-12(15)2/h7-10,20H,6,11H2,1-5H3. The lowest BCUT2D eigenvalue weighted by Gasteiger charge is -2.19. The SMILES string of the molecule is CCOC(=O)c1[nH]c(C)c(C(=O)N(C)Cc2ccccc2C)c1C. The predicted molar refractivity (Wildman–Crippen MR) is 93.2 cm³/mol. The van der Waals surface area contributed by atoms with Gasteiger partial charge < -0.3 is 14.6 Å². The number of esters is 1. The summed E-state index contributed by atoms with van der Waals surface area (Å²) in [5.41, 5.74) is 4.44. The molecule has 0 aliphatic rings. The van der Waals surface area contributed by atoms with Crippen LogP contribution in [-0.4, -0.2) is 35.4 Å². The van der Waals surface area contributed by atoms with Crippen LogP contribution in [0.4, 0.5) is 0 Å². The highest BCUT2D eigenvalue weighted by molar-refractivity contribution is 6.01. The Labute approximate surface area is 142 Å². The zero-order valence-electron chi connectivity index (χ0n) is 14.9. The maximum atomic E-state index is 12.8. The smallest absolute Gasteiger partial charge is 0.355 e. The minimum absolute atomic E-state index is 0.111. The lowest BCUT2D eigenvalue weighted by atomic mass is 10.1. The Bertz CT molecular complexity index is 762. The zero-order chi connectivity index (χ0) is 17.9. The summed E-state index contributed by atoms with van der Waals surface area (Å²) in [6.45, 7) is 8.16. The molecule has 1 N–H and O–H groups in total. The number of ether oxygens (including phenoxy) is 1. The lowest BCUT2D eigenvalue weighted by Crippen LogP contribution is -2.27. The second kappa shape index (κ2) is 7.34. The summed E-state index contributed by atoms with van der Waals surface area (Å²) >= 11 is 0. The van der Waals surface area contributed by atoms with Crippen molar-refractivity contribution in [3.63, 3.8) is 0 Å². The van der Waals surface area contributed by atoms with Gasteiger partial charge in [-0.2, -0.15) is 0 Å². The van der Waals surface area contributed by atoms with E-state index in [1.165, 1.54) is 0 Å². The average Bonchev–Trinajstić information content (AvgIpc) is 2.84. The molecule has 1 amide bonds. The van der Waals surface area contributed by atoms with Crippen LogP contribution in [0.1, 0.15) is 50.2 Å². The van der Waals surface area contributed by atoms with Gasteiger partial charge in [-0.05, 0) is 44.4 Å². The van der Waals surface area contributed by atoms with Crippen LogP contribution in [-0.2, 0) is 11.3 Å². The molecule has 0 unspecified atom stereocenters. The van der Waals surface area contributed by atoms with Crippen molar-refractivity contribution in [2.75, 3.05) is 13.7 Å². The zero-order valence-corrected chi connectivity index (χ0v) is 14.9. The van der Waals surface area contributed by atoms with E-state index in [-0.39, 0.29) is 5.91 Å². The quantitative estimate of drug-likeness (QED) is 0.856. The molecular formula is C19H24N2O3. The van der Waals surface area contributed by atoms with Crippen LogP contribution in [0.3, 0.4) is 0 Å². The largest absolute Gasteiger partial charge is 0.461 e. The van der Waals surface area contributed by atoms with Crippen molar-refractivity contribution in [3.05, 3.63) is 57.9 Å². The van der Waals surface area contributed by atoms with Crippen molar-refractivity contribution < 1.29 is 14.3 Å². The molecule has 0 spiro atoms. The van der Waals surface area contributed by atoms with Crippen LogP contribution < -0.4 is 0 Å². The molecule has 0 atom stereocenters. The van der Waals surface area contributed by atoms with Gasteiger partial charge in [-0.1, -0.05) is 24.3 Å². The summed E-state index contributed by atoms with van der Waals surface area (Å²) in [6.07, 6.45) is 0. The summed E-state index contributed by atoms with van der Waals surface area (Å²) < 4.78 is 5.03. The van der Waals surface area contributed by atoms with E-state index in [1.807, 2.05) is 31.2 Å². The number of amides is 1. The Morgan fingerprint density at radius 2 is 1.83 bits per heavy atom. The summed E-state index contributed by atoms with van der Waals surface area (Å²) in [7, 11) is 1.77. The highest BCUT2D eigenvalue weighted by Gasteiger charge is 2.24. The molecule has 0 saturated heterocycles. The number of aromatic nitrogens is 1. The monoisotopic (exact) mass is 328 g/mol. The van der Waals surface area contributed by atoms with Crippen LogP contribution in [0.5, 0.6) is 0 Å². The average molecular weight is 328 g/mol. The summed E-state index contributed by atoms with van der Waals surface area (Å²) in [4.78, 5) is 29.5. The number of hydrogen-bond acceptors (Lipinski definition) is 3. The van der Waals surface area contributed by atoms with Crippen molar-refractivity contribution in [1.82, 2.24) is 9.88 Å². The van der Waals surface area contributed by atoms with Gasteiger partial charge in [0.25, 0.3) is 5.91 Å². The van der Waals surface area contributed by atoms with Gasteiger partial charge in [0.05, 0.1) is 12.2 Å². The fraction of sp³-hybridized carbons (Fsp3) is 0.368. The van der Waals surface area contributed by atoms with E-state index in [9.17, 15) is 9.59 Å². The van der Waals surface area contributed by atoms with Crippen LogP contribution in [0.2, 0.25) is 0 Å². The Hall–Kier alpha value is -2.56. The number of carbonyl (C=O) groups excluding carboxylic acids is 2. The number of carbonyl (C=O) groups is 2. The van der Waals surface area contributed by atoms with Gasteiger partial charge >= 0.3 is 5.97 Å². The first-order valence-corrected chi connectivity index (χ1v) is 8.03. The highest BCUT2D eigenvalue weighted by atomic mass is 16.5. The first kappa shape index (κ1) is 17.8. The molecule has 1 aromatic carbocycles. The normalized spacial score (nSPS) is 10.5. The van der Waals surface area contributed by atoms with Crippen molar-refractivity contribution in [1.29, 1.82) is 0 Å². The maximum absolute atomic E-state index is 12.8. The molecule has 5 heteroatoms. The Morgan fingerprint density at radius 3 is 2.46 bits per heavy atom. The molecule has 2 aromatic rings. The molecule has 0 aliphatic heterocycles. The van der Waals surface area contributed by atoms with E-state index in [0.29, 0.717) is 35.7 Å². The van der Waals surface area contributed by atoms with E-state index >= 15 is 0 Å². The second-order valence-corrected chi connectivity index (χ2v) is 5.93. The molecule has 1 aromatic heterocycles. The molecule has 0 aliphatic carbocycles. The van der Waals surface area contributed by atoms with Gasteiger partial charge in [-0.15, -0.1) is 0 Å². The molecule has 24 heavy (non-hydrogen) atoms. The number of benzene rings is 1. The van der Waals surface area contributed by atoms with Crippen LogP contribution >= 0.6 is 0 Å². The van der Waals surface area contributed by atoms with E-state index in [1.54, 1.807) is 32.7 Å². The third kappa shape index (κ3) is 3.50. The predicted octanol–water partition coefficient (Wildman–Crippen LogP) is 3.39. The van der Waals surface area contributed by atoms with Crippen LogP contribution in [0.25, 0.3) is 0 Å². The molecule has 5 nitrogen and oxygen atoms in total. The first-order valence-electron chi connectivity index (χ1n) is 8.03. The highest BCUT2D eigenvalue weighted by Crippen LogP contribution is 2.21. The van der Waals surface area contributed by atoms with Gasteiger partial charge in [0.1, 0.15) is 5.69 Å². The van der Waals surface area contributed by atoms with Gasteiger partial charge in [0.2, 0.25) is 0 Å². The number of hydrogen-bond donors (Lipinski definition) is 1.